The molecular weight excluding hydrogens is 931 g/mol. The highest BCUT2D eigenvalue weighted by atomic mass is 19.1. The van der Waals surface area contributed by atoms with E-state index in [1.807, 2.05) is 12.1 Å². The molecule has 0 saturated carbocycles. The molecule has 12 aromatic rings. The van der Waals surface area contributed by atoms with Crippen molar-refractivity contribution in [3.05, 3.63) is 262 Å². The van der Waals surface area contributed by atoms with E-state index in [2.05, 4.69) is 223 Å². The Morgan fingerprint density at radius 3 is 0.816 bits per heavy atom. The summed E-state index contributed by atoms with van der Waals surface area (Å²) in [5, 5.41) is 6.39. The predicted molar refractivity (Wildman–Crippen MR) is 319 cm³/mol. The van der Waals surface area contributed by atoms with E-state index in [4.69, 9.17) is 0 Å². The first kappa shape index (κ1) is 48.1. The van der Waals surface area contributed by atoms with Crippen LogP contribution < -0.4 is 9.80 Å². The van der Waals surface area contributed by atoms with Gasteiger partial charge in [-0.15, -0.1) is 0 Å². The van der Waals surface area contributed by atoms with Crippen molar-refractivity contribution in [2.45, 2.75) is 55.4 Å². The van der Waals surface area contributed by atoms with Crippen LogP contribution in [0.2, 0.25) is 0 Å². The van der Waals surface area contributed by atoms with Crippen molar-refractivity contribution in [3.8, 4) is 44.5 Å². The first-order chi connectivity index (χ1) is 36.7. The summed E-state index contributed by atoms with van der Waals surface area (Å²) in [6, 6.07) is 71.8. The van der Waals surface area contributed by atoms with Gasteiger partial charge in [-0.2, -0.15) is 0 Å². The molecule has 0 aliphatic rings. The summed E-state index contributed by atoms with van der Waals surface area (Å²) in [6.45, 7) is 17.1. The summed E-state index contributed by atoms with van der Waals surface area (Å²) in [7, 11) is 0. The zero-order valence-electron chi connectivity index (χ0n) is 44.3. The monoisotopic (exact) mass is 988 g/mol. The lowest BCUT2D eigenvalue weighted by atomic mass is 9.91. The third-order valence-electron chi connectivity index (χ3n) is 14.8. The Bertz CT molecular complexity index is 3770. The maximum absolute atomic E-state index is 15.7. The minimum atomic E-state index is -0.315. The van der Waals surface area contributed by atoms with Gasteiger partial charge in [0.05, 0.1) is 11.4 Å². The maximum atomic E-state index is 15.7. The number of hydrogen-bond donors (Lipinski definition) is 0. The van der Waals surface area contributed by atoms with Gasteiger partial charge in [0, 0.05) is 33.5 Å². The standard InChI is InChI=1S/C72H58F2N2/c1-43-23-44(2)28-53(27-43)57-35-58(54-29-45(3)24-46(4)30-54)38-65(37-57)75(63-13-9-11-61(73)41-63)69-21-17-51-16-20-68-70(22-18-52-15-19-67(69)71(51)72(52)68)76(64-14-10-12-62(74)42-64)66-39-59(55-31-47(5)25-48(6)32-55)36-60(40-66)56-33-49(7)26-50(8)34-56/h9-42H,1-8H3. The molecule has 0 aliphatic heterocycles. The van der Waals surface area contributed by atoms with Gasteiger partial charge in [0.25, 0.3) is 0 Å². The molecule has 0 bridgehead atoms. The fourth-order valence-electron chi connectivity index (χ4n) is 12.0. The van der Waals surface area contributed by atoms with Gasteiger partial charge in [-0.3, -0.25) is 0 Å². The number of aryl methyl sites for hydroxylation is 8. The Balaban J connectivity index is 1.12. The van der Waals surface area contributed by atoms with Crippen molar-refractivity contribution < 1.29 is 8.78 Å². The molecule has 12 rings (SSSR count). The smallest absolute Gasteiger partial charge is 0.125 e. The molecule has 0 spiro atoms. The van der Waals surface area contributed by atoms with Crippen LogP contribution in [-0.2, 0) is 0 Å². The molecule has 0 amide bonds. The third-order valence-corrected chi connectivity index (χ3v) is 14.8. The van der Waals surface area contributed by atoms with E-state index >= 15 is 8.78 Å². The molecule has 0 unspecified atom stereocenters. The van der Waals surface area contributed by atoms with Crippen LogP contribution in [0, 0.1) is 67.0 Å². The first-order valence-electron chi connectivity index (χ1n) is 26.1. The van der Waals surface area contributed by atoms with Crippen LogP contribution in [0.15, 0.2) is 206 Å². The van der Waals surface area contributed by atoms with Crippen molar-refractivity contribution in [1.82, 2.24) is 0 Å². The average molecular weight is 989 g/mol. The van der Waals surface area contributed by atoms with Gasteiger partial charge in [0.15, 0.2) is 0 Å². The van der Waals surface area contributed by atoms with Crippen LogP contribution in [0.5, 0.6) is 0 Å². The van der Waals surface area contributed by atoms with Crippen molar-refractivity contribution in [1.29, 1.82) is 0 Å². The second-order valence-corrected chi connectivity index (χ2v) is 21.3. The maximum Gasteiger partial charge on any atom is 0.125 e. The zero-order valence-corrected chi connectivity index (χ0v) is 44.3. The lowest BCUT2D eigenvalue weighted by molar-refractivity contribution is 0.627. The molecule has 12 aromatic carbocycles. The zero-order chi connectivity index (χ0) is 52.5. The topological polar surface area (TPSA) is 6.48 Å². The molecule has 0 aromatic heterocycles. The van der Waals surface area contributed by atoms with E-state index in [1.54, 1.807) is 24.3 Å². The van der Waals surface area contributed by atoms with Crippen LogP contribution in [-0.4, -0.2) is 0 Å². The van der Waals surface area contributed by atoms with Crippen molar-refractivity contribution in [2.24, 2.45) is 0 Å². The number of anilines is 6. The minimum absolute atomic E-state index is 0.315. The number of halogens is 2. The second-order valence-electron chi connectivity index (χ2n) is 21.3. The largest absolute Gasteiger partial charge is 0.310 e. The lowest BCUT2D eigenvalue weighted by Crippen LogP contribution is -2.12. The van der Waals surface area contributed by atoms with Gasteiger partial charge in [-0.1, -0.05) is 166 Å². The molecule has 0 heterocycles. The van der Waals surface area contributed by atoms with Crippen LogP contribution in [0.25, 0.3) is 76.8 Å². The lowest BCUT2D eigenvalue weighted by Gasteiger charge is -2.30. The summed E-state index contributed by atoms with van der Waals surface area (Å²) >= 11 is 0. The second kappa shape index (κ2) is 19.1. The Morgan fingerprint density at radius 2 is 0.526 bits per heavy atom. The number of rotatable bonds is 10. The van der Waals surface area contributed by atoms with Gasteiger partial charge < -0.3 is 9.80 Å². The van der Waals surface area contributed by atoms with E-state index in [0.717, 1.165) is 99.6 Å². The average Bonchev–Trinajstić information content (AvgIpc) is 3.52. The molecule has 0 N–H and O–H groups in total. The van der Waals surface area contributed by atoms with Gasteiger partial charge in [-0.05, 0) is 206 Å². The van der Waals surface area contributed by atoms with Gasteiger partial charge in [0.1, 0.15) is 11.6 Å². The van der Waals surface area contributed by atoms with Crippen LogP contribution in [0.3, 0.4) is 0 Å². The number of benzene rings is 12. The van der Waals surface area contributed by atoms with Crippen molar-refractivity contribution in [2.75, 3.05) is 9.80 Å². The number of hydrogen-bond acceptors (Lipinski definition) is 2. The molecular formula is C72H58F2N2. The van der Waals surface area contributed by atoms with E-state index in [0.29, 0.717) is 11.4 Å². The molecule has 370 valence electrons. The Hall–Kier alpha value is -8.86. The first-order valence-corrected chi connectivity index (χ1v) is 26.1. The molecule has 4 heteroatoms. The van der Waals surface area contributed by atoms with Crippen molar-refractivity contribution >= 4 is 66.4 Å². The summed E-state index contributed by atoms with van der Waals surface area (Å²) in [4.78, 5) is 4.44. The number of nitrogens with zero attached hydrogens (tertiary/aromatic N) is 2. The summed E-state index contributed by atoms with van der Waals surface area (Å²) < 4.78 is 31.5. The van der Waals surface area contributed by atoms with Gasteiger partial charge in [0.2, 0.25) is 0 Å². The SMILES string of the molecule is Cc1cc(C)cc(-c2cc(-c3cc(C)cc(C)c3)cc(N(c3cccc(F)c3)c3ccc4ccc5c(N(c6cccc(F)c6)c6cc(-c7cc(C)cc(C)c7)cc(-c7cc(C)cc(C)c7)c6)ccc6ccc3c4c65)c2)c1. The summed E-state index contributed by atoms with van der Waals surface area (Å²) in [6.07, 6.45) is 0. The summed E-state index contributed by atoms with van der Waals surface area (Å²) in [5.41, 5.74) is 23.4. The molecule has 76 heavy (non-hydrogen) atoms. The van der Waals surface area contributed by atoms with E-state index < -0.39 is 0 Å². The predicted octanol–water partition coefficient (Wildman–Crippen LogP) is 20.9. The molecule has 0 fully saturated rings. The Labute approximate surface area is 445 Å². The van der Waals surface area contributed by atoms with Crippen LogP contribution >= 0.6 is 0 Å². The third kappa shape index (κ3) is 9.15. The molecule has 0 atom stereocenters. The minimum Gasteiger partial charge on any atom is -0.310 e. The van der Waals surface area contributed by atoms with Crippen LogP contribution in [0.4, 0.5) is 42.9 Å². The highest BCUT2D eigenvalue weighted by molar-refractivity contribution is 6.28. The van der Waals surface area contributed by atoms with Crippen molar-refractivity contribution in [3.63, 3.8) is 0 Å². The molecule has 0 aliphatic carbocycles. The molecule has 2 nitrogen and oxygen atoms in total. The Morgan fingerprint density at radius 1 is 0.250 bits per heavy atom. The highest BCUT2D eigenvalue weighted by Crippen LogP contribution is 2.49. The van der Waals surface area contributed by atoms with E-state index in [-0.39, 0.29) is 11.6 Å². The van der Waals surface area contributed by atoms with Gasteiger partial charge in [-0.25, -0.2) is 8.78 Å². The van der Waals surface area contributed by atoms with Gasteiger partial charge >= 0.3 is 0 Å². The fraction of sp³-hybridized carbons (Fsp3) is 0.111. The van der Waals surface area contributed by atoms with Crippen LogP contribution in [0.1, 0.15) is 44.5 Å². The highest BCUT2D eigenvalue weighted by Gasteiger charge is 2.24. The molecule has 0 radical (unpaired) electrons. The Kier molecular flexibility index (Phi) is 12.1. The summed E-state index contributed by atoms with van der Waals surface area (Å²) in [5.74, 6) is -0.630. The quantitative estimate of drug-likeness (QED) is 0.126. The molecule has 0 saturated heterocycles. The fourth-order valence-corrected chi connectivity index (χ4v) is 12.0. The van der Waals surface area contributed by atoms with E-state index in [9.17, 15) is 0 Å². The normalized spacial score (nSPS) is 11.6. The van der Waals surface area contributed by atoms with E-state index in [1.165, 1.54) is 56.6 Å².